The van der Waals surface area contributed by atoms with E-state index >= 15 is 0 Å². The fraction of sp³-hybridized carbons (Fsp3) is 0.583. The lowest BCUT2D eigenvalue weighted by Crippen LogP contribution is -2.66. The van der Waals surface area contributed by atoms with Gasteiger partial charge in [0.15, 0.2) is 0 Å². The van der Waals surface area contributed by atoms with E-state index in [2.05, 4.69) is 63.3 Å². The van der Waals surface area contributed by atoms with Crippen LogP contribution in [0.4, 0.5) is 0 Å². The highest BCUT2D eigenvalue weighted by Crippen LogP contribution is 2.66. The van der Waals surface area contributed by atoms with Crippen LogP contribution in [0.5, 0.6) is 0 Å². The lowest BCUT2D eigenvalue weighted by atomic mass is 9.54. The van der Waals surface area contributed by atoms with Crippen LogP contribution < -0.4 is 0 Å². The zero-order chi connectivity index (χ0) is 27.9. The summed E-state index contributed by atoms with van der Waals surface area (Å²) in [5.74, 6) is 0.335. The van der Waals surface area contributed by atoms with Crippen molar-refractivity contribution in [1.82, 2.24) is 19.8 Å². The summed E-state index contributed by atoms with van der Waals surface area (Å²) < 4.78 is 7.08. The number of allylic oxidation sites excluding steroid dienone is 2. The first-order valence-corrected chi connectivity index (χ1v) is 16.7. The number of aromatic amines is 1. The third-order valence-electron chi connectivity index (χ3n) is 12.0. The largest absolute Gasteiger partial charge is 0.384 e. The van der Waals surface area contributed by atoms with E-state index in [-0.39, 0.29) is 17.2 Å². The Kier molecular flexibility index (Phi) is 5.86. The number of benzene rings is 1. The van der Waals surface area contributed by atoms with Gasteiger partial charge in [-0.2, -0.15) is 0 Å². The van der Waals surface area contributed by atoms with Gasteiger partial charge in [0.1, 0.15) is 11.3 Å². The minimum atomic E-state index is -0.982. The molecule has 3 aromatic rings. The Labute approximate surface area is 248 Å². The summed E-state index contributed by atoms with van der Waals surface area (Å²) in [6.07, 6.45) is 21.5. The summed E-state index contributed by atoms with van der Waals surface area (Å²) in [6, 6.07) is 10.8. The Morgan fingerprint density at radius 3 is 2.88 bits per heavy atom. The SMILES string of the molecule is O[C@@]12C=C(c3nccc4c3[nH]c3ccccc34)[C@@H]3CCN(CCCCC/C=C\C1)C[C@@]31CC34CCC(CCCN3C12)O4. The van der Waals surface area contributed by atoms with Gasteiger partial charge in [-0.05, 0) is 107 Å². The van der Waals surface area contributed by atoms with Crippen molar-refractivity contribution in [2.45, 2.75) is 94.1 Å². The number of aromatic nitrogens is 2. The van der Waals surface area contributed by atoms with Crippen molar-refractivity contribution in [3.63, 3.8) is 0 Å². The number of hydrogen-bond donors (Lipinski definition) is 2. The summed E-state index contributed by atoms with van der Waals surface area (Å²) in [5.41, 5.74) is 3.25. The van der Waals surface area contributed by atoms with Gasteiger partial charge in [-0.1, -0.05) is 36.8 Å². The molecule has 7 heterocycles. The van der Waals surface area contributed by atoms with Crippen LogP contribution in [-0.2, 0) is 4.74 Å². The van der Waals surface area contributed by atoms with E-state index in [1.165, 1.54) is 35.6 Å². The molecule has 9 rings (SSSR count). The maximum absolute atomic E-state index is 13.2. The Morgan fingerprint density at radius 1 is 0.952 bits per heavy atom. The number of pyridine rings is 1. The number of ether oxygens (including phenoxy) is 1. The number of piperidine rings is 1. The van der Waals surface area contributed by atoms with Gasteiger partial charge in [-0.3, -0.25) is 9.88 Å². The molecule has 4 saturated heterocycles. The second-order valence-electron chi connectivity index (χ2n) is 14.4. The number of hydrogen-bond acceptors (Lipinski definition) is 5. The van der Waals surface area contributed by atoms with E-state index < -0.39 is 5.60 Å². The van der Waals surface area contributed by atoms with E-state index in [1.54, 1.807) is 0 Å². The molecule has 42 heavy (non-hydrogen) atoms. The number of nitrogens with zero attached hydrogens (tertiary/aromatic N) is 3. The Hall–Kier alpha value is -2.51. The summed E-state index contributed by atoms with van der Waals surface area (Å²) in [5, 5.41) is 15.6. The second-order valence-corrected chi connectivity index (χ2v) is 14.4. The Morgan fingerprint density at radius 2 is 1.90 bits per heavy atom. The molecule has 7 atom stereocenters. The lowest BCUT2D eigenvalue weighted by Gasteiger charge is -2.57. The number of H-pyrrole nitrogens is 1. The van der Waals surface area contributed by atoms with Crippen molar-refractivity contribution in [1.29, 1.82) is 0 Å². The van der Waals surface area contributed by atoms with Gasteiger partial charge in [0.05, 0.1) is 23.4 Å². The monoisotopic (exact) mass is 564 g/mol. The number of aliphatic hydroxyl groups is 1. The fourth-order valence-corrected chi connectivity index (χ4v) is 10.5. The smallest absolute Gasteiger partial charge is 0.123 e. The number of nitrogens with one attached hydrogen (secondary N) is 1. The zero-order valence-corrected chi connectivity index (χ0v) is 24.7. The van der Waals surface area contributed by atoms with Gasteiger partial charge in [0.2, 0.25) is 0 Å². The van der Waals surface area contributed by atoms with E-state index in [1.807, 2.05) is 6.20 Å². The van der Waals surface area contributed by atoms with Crippen molar-refractivity contribution in [3.8, 4) is 0 Å². The molecule has 6 nitrogen and oxygen atoms in total. The highest BCUT2D eigenvalue weighted by Gasteiger charge is 2.71. The van der Waals surface area contributed by atoms with Gasteiger partial charge in [0, 0.05) is 41.0 Å². The summed E-state index contributed by atoms with van der Waals surface area (Å²) in [6.45, 7) is 4.35. The third-order valence-corrected chi connectivity index (χ3v) is 12.0. The molecule has 2 N–H and O–H groups in total. The molecular weight excluding hydrogens is 520 g/mol. The normalized spacial score (nSPS) is 40.9. The number of fused-ring (bicyclic) bond motifs is 5. The van der Waals surface area contributed by atoms with Crippen LogP contribution in [-0.4, -0.2) is 74.5 Å². The first kappa shape index (κ1) is 25.9. The minimum absolute atomic E-state index is 0.0470. The highest BCUT2D eigenvalue weighted by atomic mass is 16.5. The molecule has 0 radical (unpaired) electrons. The topological polar surface area (TPSA) is 64.6 Å². The molecule has 0 saturated carbocycles. The molecular formula is C36H44N4O2. The van der Waals surface area contributed by atoms with Gasteiger partial charge >= 0.3 is 0 Å². The number of rotatable bonds is 1. The molecule has 2 spiro atoms. The van der Waals surface area contributed by atoms with Gasteiger partial charge in [0.25, 0.3) is 0 Å². The van der Waals surface area contributed by atoms with E-state index in [0.29, 0.717) is 18.4 Å². The molecule has 6 heteroatoms. The first-order valence-electron chi connectivity index (χ1n) is 16.7. The molecule has 220 valence electrons. The quantitative estimate of drug-likeness (QED) is 0.334. The Bertz CT molecular complexity index is 1590. The summed E-state index contributed by atoms with van der Waals surface area (Å²) >= 11 is 0. The van der Waals surface area contributed by atoms with Crippen molar-refractivity contribution in [2.24, 2.45) is 11.3 Å². The molecule has 5 bridgehead atoms. The van der Waals surface area contributed by atoms with Crippen molar-refractivity contribution in [2.75, 3.05) is 26.2 Å². The van der Waals surface area contributed by atoms with Crippen molar-refractivity contribution < 1.29 is 9.84 Å². The van der Waals surface area contributed by atoms with E-state index in [9.17, 15) is 5.11 Å². The summed E-state index contributed by atoms with van der Waals surface area (Å²) in [4.78, 5) is 14.3. The average molecular weight is 565 g/mol. The molecule has 1 aliphatic carbocycles. The van der Waals surface area contributed by atoms with Gasteiger partial charge < -0.3 is 19.7 Å². The molecule has 5 aliphatic heterocycles. The zero-order valence-electron chi connectivity index (χ0n) is 24.7. The molecule has 4 fully saturated rings. The van der Waals surface area contributed by atoms with Crippen molar-refractivity contribution in [3.05, 3.63) is 60.5 Å². The predicted octanol–water partition coefficient (Wildman–Crippen LogP) is 6.42. The van der Waals surface area contributed by atoms with Crippen LogP contribution >= 0.6 is 0 Å². The van der Waals surface area contributed by atoms with Crippen LogP contribution in [0.15, 0.2) is 54.8 Å². The van der Waals surface area contributed by atoms with E-state index in [4.69, 9.17) is 9.72 Å². The molecule has 2 aromatic heterocycles. The standard InChI is InChI=1S/C36H44N4O2/c41-35-16-7-3-1-2-4-8-19-39-21-15-29(34(24-39)23-36-17-13-25(42-36)10-9-20-40(36)33(34)35)28(22-35)31-32-27(14-18-37-31)26-11-5-6-12-30(26)38-32/h3,5-7,11-12,14,18,22,25,29,33,38,41H,1-2,4,8-10,13,15-17,19-21,23-24H2/b7-3-/t25?,29-,33?,34-,35+,36?/m0/s1. The fourth-order valence-electron chi connectivity index (χ4n) is 10.5. The predicted molar refractivity (Wildman–Crippen MR) is 167 cm³/mol. The van der Waals surface area contributed by atoms with Crippen molar-refractivity contribution >= 4 is 27.4 Å². The van der Waals surface area contributed by atoms with Gasteiger partial charge in [-0.25, -0.2) is 0 Å². The van der Waals surface area contributed by atoms with Crippen LogP contribution in [0.25, 0.3) is 27.4 Å². The van der Waals surface area contributed by atoms with Crippen LogP contribution in [0, 0.1) is 11.3 Å². The minimum Gasteiger partial charge on any atom is -0.384 e. The number of para-hydroxylation sites is 1. The Balaban J connectivity index is 1.28. The van der Waals surface area contributed by atoms with Crippen LogP contribution in [0.3, 0.4) is 0 Å². The molecule has 4 unspecified atom stereocenters. The maximum Gasteiger partial charge on any atom is 0.123 e. The highest BCUT2D eigenvalue weighted by molar-refractivity contribution is 6.09. The van der Waals surface area contributed by atoms with Crippen LogP contribution in [0.2, 0.25) is 0 Å². The third kappa shape index (κ3) is 3.68. The second kappa shape index (κ2) is 9.49. The molecule has 0 amide bonds. The molecule has 1 aromatic carbocycles. The molecule has 6 aliphatic rings. The lowest BCUT2D eigenvalue weighted by molar-refractivity contribution is -0.143. The van der Waals surface area contributed by atoms with Crippen LogP contribution in [0.1, 0.15) is 76.3 Å². The first-order chi connectivity index (χ1) is 20.6. The summed E-state index contributed by atoms with van der Waals surface area (Å²) in [7, 11) is 0. The van der Waals surface area contributed by atoms with E-state index in [0.717, 1.165) is 87.9 Å². The average Bonchev–Trinajstić information content (AvgIpc) is 3.61. The maximum atomic E-state index is 13.2. The van der Waals surface area contributed by atoms with Gasteiger partial charge in [-0.15, -0.1) is 0 Å².